The van der Waals surface area contributed by atoms with Gasteiger partial charge < -0.3 is 10.1 Å². The van der Waals surface area contributed by atoms with Gasteiger partial charge in [0.15, 0.2) is 0 Å². The molecule has 1 amide bonds. The molecule has 1 N–H and O–H groups in total. The smallest absolute Gasteiger partial charge is 0.234 e. The summed E-state index contributed by atoms with van der Waals surface area (Å²) < 4.78 is 5.54. The Morgan fingerprint density at radius 1 is 0.933 bits per heavy atom. The Balaban J connectivity index is 1.38. The lowest BCUT2D eigenvalue weighted by Gasteiger charge is -2.11. The molecule has 150 valence electrons. The van der Waals surface area contributed by atoms with E-state index in [1.165, 1.54) is 22.5 Å². The van der Waals surface area contributed by atoms with E-state index in [4.69, 9.17) is 4.74 Å². The molecule has 0 bridgehead atoms. The molecule has 0 atom stereocenters. The Hall–Kier alpha value is -3.38. The average Bonchev–Trinajstić information content (AvgIpc) is 2.79. The largest absolute Gasteiger partial charge is 0.492 e. The fourth-order valence-electron chi connectivity index (χ4n) is 3.08. The highest BCUT2D eigenvalue weighted by Gasteiger charge is 2.09. The van der Waals surface area contributed by atoms with Gasteiger partial charge in [-0.15, -0.1) is 10.2 Å². The predicted molar refractivity (Wildman–Crippen MR) is 122 cm³/mol. The van der Waals surface area contributed by atoms with Gasteiger partial charge in [0.25, 0.3) is 0 Å². The Morgan fingerprint density at radius 2 is 1.73 bits per heavy atom. The average molecular weight is 416 g/mol. The van der Waals surface area contributed by atoms with E-state index in [1.54, 1.807) is 0 Å². The first-order valence-electron chi connectivity index (χ1n) is 9.70. The number of rotatable bonds is 7. The van der Waals surface area contributed by atoms with Gasteiger partial charge in [-0.25, -0.2) is 0 Å². The van der Waals surface area contributed by atoms with E-state index in [-0.39, 0.29) is 11.7 Å². The SMILES string of the molecule is CCOc1ccccc1NC(=O)CSc1ccc(-c2ccc3ccccc3c2)nn1. The van der Waals surface area contributed by atoms with E-state index in [0.717, 1.165) is 11.3 Å². The molecule has 0 aliphatic rings. The molecule has 0 saturated heterocycles. The summed E-state index contributed by atoms with van der Waals surface area (Å²) in [7, 11) is 0. The van der Waals surface area contributed by atoms with Crippen molar-refractivity contribution < 1.29 is 9.53 Å². The summed E-state index contributed by atoms with van der Waals surface area (Å²) >= 11 is 1.35. The van der Waals surface area contributed by atoms with Crippen molar-refractivity contribution in [3.8, 4) is 17.0 Å². The van der Waals surface area contributed by atoms with Crippen molar-refractivity contribution in [3.63, 3.8) is 0 Å². The first-order chi connectivity index (χ1) is 14.7. The van der Waals surface area contributed by atoms with Gasteiger partial charge in [0.1, 0.15) is 10.8 Å². The number of hydrogen-bond acceptors (Lipinski definition) is 5. The molecule has 1 aromatic heterocycles. The molecule has 0 saturated carbocycles. The summed E-state index contributed by atoms with van der Waals surface area (Å²) in [6.07, 6.45) is 0. The van der Waals surface area contributed by atoms with Crippen LogP contribution in [0.2, 0.25) is 0 Å². The number of nitrogens with one attached hydrogen (secondary N) is 1. The molecule has 6 heteroatoms. The molecule has 0 aliphatic heterocycles. The monoisotopic (exact) mass is 415 g/mol. The molecular formula is C24H21N3O2S. The second-order valence-corrected chi connectivity index (χ2v) is 7.58. The number of carbonyl (C=O) groups excluding carboxylic acids is 1. The van der Waals surface area contributed by atoms with Gasteiger partial charge >= 0.3 is 0 Å². The summed E-state index contributed by atoms with van der Waals surface area (Å²) in [6, 6.07) is 25.7. The molecule has 4 aromatic rings. The number of ether oxygens (including phenoxy) is 1. The minimum atomic E-state index is -0.118. The maximum absolute atomic E-state index is 12.3. The summed E-state index contributed by atoms with van der Waals surface area (Å²) in [6.45, 7) is 2.45. The maximum atomic E-state index is 12.3. The van der Waals surface area contributed by atoms with E-state index in [1.807, 2.05) is 61.5 Å². The highest BCUT2D eigenvalue weighted by Crippen LogP contribution is 2.26. The van der Waals surface area contributed by atoms with Crippen LogP contribution in [-0.4, -0.2) is 28.5 Å². The first kappa shape index (κ1) is 19.9. The van der Waals surface area contributed by atoms with E-state index < -0.39 is 0 Å². The lowest BCUT2D eigenvalue weighted by atomic mass is 10.1. The lowest BCUT2D eigenvalue weighted by Crippen LogP contribution is -2.15. The summed E-state index contributed by atoms with van der Waals surface area (Å²) in [5, 5.41) is 14.6. The number of hydrogen-bond donors (Lipinski definition) is 1. The topological polar surface area (TPSA) is 64.1 Å². The Bertz CT molecular complexity index is 1160. The van der Waals surface area contributed by atoms with Crippen LogP contribution in [-0.2, 0) is 4.79 Å². The van der Waals surface area contributed by atoms with Gasteiger partial charge in [-0.05, 0) is 48.0 Å². The number of fused-ring (bicyclic) bond motifs is 1. The van der Waals surface area contributed by atoms with E-state index in [0.29, 0.717) is 23.1 Å². The lowest BCUT2D eigenvalue weighted by molar-refractivity contribution is -0.113. The zero-order valence-corrected chi connectivity index (χ0v) is 17.4. The Labute approximate surface area is 179 Å². The molecule has 3 aromatic carbocycles. The molecule has 30 heavy (non-hydrogen) atoms. The Kier molecular flexibility index (Phi) is 6.25. The Morgan fingerprint density at radius 3 is 2.53 bits per heavy atom. The van der Waals surface area contributed by atoms with Crippen LogP contribution in [0, 0.1) is 0 Å². The van der Waals surface area contributed by atoms with Crippen molar-refractivity contribution in [2.24, 2.45) is 0 Å². The van der Waals surface area contributed by atoms with Crippen molar-refractivity contribution in [1.82, 2.24) is 10.2 Å². The van der Waals surface area contributed by atoms with E-state index in [9.17, 15) is 4.79 Å². The first-order valence-corrected chi connectivity index (χ1v) is 10.7. The summed E-state index contributed by atoms with van der Waals surface area (Å²) in [5.41, 5.74) is 2.49. The molecule has 5 nitrogen and oxygen atoms in total. The fraction of sp³-hybridized carbons (Fsp3) is 0.125. The number of anilines is 1. The normalized spacial score (nSPS) is 10.7. The molecule has 0 fully saturated rings. The van der Waals surface area contributed by atoms with Gasteiger partial charge in [-0.2, -0.15) is 0 Å². The maximum Gasteiger partial charge on any atom is 0.234 e. The molecular weight excluding hydrogens is 394 g/mol. The number of aromatic nitrogens is 2. The standard InChI is InChI=1S/C24H21N3O2S/c1-2-29-22-10-6-5-9-21(22)25-23(28)16-30-24-14-13-20(26-27-24)19-12-11-17-7-3-4-8-18(17)15-19/h3-15H,2,16H2,1H3,(H,25,28). The zero-order valence-electron chi connectivity index (χ0n) is 16.5. The minimum absolute atomic E-state index is 0.118. The van der Waals surface area contributed by atoms with Crippen molar-refractivity contribution in [1.29, 1.82) is 0 Å². The molecule has 4 rings (SSSR count). The van der Waals surface area contributed by atoms with Crippen LogP contribution in [0.15, 0.2) is 83.9 Å². The van der Waals surface area contributed by atoms with Gasteiger partial charge in [-0.3, -0.25) is 4.79 Å². The van der Waals surface area contributed by atoms with Gasteiger partial charge in [0.05, 0.1) is 23.7 Å². The molecule has 0 radical (unpaired) electrons. The van der Waals surface area contributed by atoms with Gasteiger partial charge in [0.2, 0.25) is 5.91 Å². The van der Waals surface area contributed by atoms with Crippen LogP contribution in [0.25, 0.3) is 22.0 Å². The van der Waals surface area contributed by atoms with Crippen molar-refractivity contribution in [3.05, 3.63) is 78.9 Å². The fourth-order valence-corrected chi connectivity index (χ4v) is 3.69. The number of carbonyl (C=O) groups is 1. The van der Waals surface area contributed by atoms with Crippen LogP contribution in [0.3, 0.4) is 0 Å². The predicted octanol–water partition coefficient (Wildman–Crippen LogP) is 5.43. The zero-order chi connectivity index (χ0) is 20.8. The third-order valence-corrected chi connectivity index (χ3v) is 5.42. The quantitative estimate of drug-likeness (QED) is 0.408. The highest BCUT2D eigenvalue weighted by molar-refractivity contribution is 7.99. The van der Waals surface area contributed by atoms with E-state index in [2.05, 4.69) is 39.8 Å². The molecule has 0 unspecified atom stereocenters. The van der Waals surface area contributed by atoms with Gasteiger partial charge in [0, 0.05) is 5.56 Å². The van der Waals surface area contributed by atoms with Crippen LogP contribution < -0.4 is 10.1 Å². The van der Waals surface area contributed by atoms with Crippen LogP contribution in [0.5, 0.6) is 5.75 Å². The second kappa shape index (κ2) is 9.41. The van der Waals surface area contributed by atoms with Crippen LogP contribution >= 0.6 is 11.8 Å². The van der Waals surface area contributed by atoms with E-state index >= 15 is 0 Å². The summed E-state index contributed by atoms with van der Waals surface area (Å²) in [4.78, 5) is 12.3. The van der Waals surface area contributed by atoms with Crippen molar-refractivity contribution >= 4 is 34.1 Å². The van der Waals surface area contributed by atoms with Gasteiger partial charge in [-0.1, -0.05) is 60.3 Å². The molecule has 0 aliphatic carbocycles. The van der Waals surface area contributed by atoms with Crippen LogP contribution in [0.4, 0.5) is 5.69 Å². The van der Waals surface area contributed by atoms with Crippen molar-refractivity contribution in [2.45, 2.75) is 11.9 Å². The van der Waals surface area contributed by atoms with Crippen molar-refractivity contribution in [2.75, 3.05) is 17.7 Å². The molecule has 1 heterocycles. The number of para-hydroxylation sites is 2. The number of benzene rings is 3. The number of nitrogens with zero attached hydrogens (tertiary/aromatic N) is 2. The summed E-state index contributed by atoms with van der Waals surface area (Å²) in [5.74, 6) is 0.787. The highest BCUT2D eigenvalue weighted by atomic mass is 32.2. The van der Waals surface area contributed by atoms with Crippen LogP contribution in [0.1, 0.15) is 6.92 Å². The minimum Gasteiger partial charge on any atom is -0.492 e. The number of amides is 1. The second-order valence-electron chi connectivity index (χ2n) is 6.58. The molecule has 0 spiro atoms. The third-order valence-electron chi connectivity index (χ3n) is 4.50. The number of thioether (sulfide) groups is 1. The third kappa shape index (κ3) is 4.78.